The van der Waals surface area contributed by atoms with Gasteiger partial charge in [0, 0.05) is 18.6 Å². The topological polar surface area (TPSA) is 29.3 Å². The van der Waals surface area contributed by atoms with E-state index in [1.54, 1.807) is 0 Å². The molecule has 0 aliphatic rings. The van der Waals surface area contributed by atoms with Gasteiger partial charge in [0.25, 0.3) is 0 Å². The van der Waals surface area contributed by atoms with Crippen LogP contribution in [0.25, 0.3) is 0 Å². The van der Waals surface area contributed by atoms with E-state index in [0.717, 1.165) is 19.5 Å². The van der Waals surface area contributed by atoms with Gasteiger partial charge in [-0.3, -0.25) is 4.90 Å². The van der Waals surface area contributed by atoms with Gasteiger partial charge < -0.3 is 5.73 Å². The molecule has 0 heterocycles. The minimum absolute atomic E-state index is 0.582. The molecule has 2 heteroatoms. The molecule has 96 valence electrons. The van der Waals surface area contributed by atoms with Gasteiger partial charge in [-0.25, -0.2) is 0 Å². The zero-order valence-electron chi connectivity index (χ0n) is 11.6. The zero-order chi connectivity index (χ0) is 12.8. The van der Waals surface area contributed by atoms with Crippen molar-refractivity contribution in [1.29, 1.82) is 0 Å². The number of rotatable bonds is 6. The molecule has 1 rings (SSSR count). The Morgan fingerprint density at radius 3 is 1.82 bits per heavy atom. The number of benzene rings is 1. The van der Waals surface area contributed by atoms with Crippen molar-refractivity contribution in [2.45, 2.75) is 52.7 Å². The van der Waals surface area contributed by atoms with Crippen LogP contribution in [0.5, 0.6) is 0 Å². The smallest absolute Gasteiger partial charge is 0.0239 e. The Balaban J connectivity index is 2.67. The molecule has 0 bridgehead atoms. The number of nitrogens with zero attached hydrogens (tertiary/aromatic N) is 1. The first kappa shape index (κ1) is 14.2. The highest BCUT2D eigenvalue weighted by molar-refractivity contribution is 5.22. The van der Waals surface area contributed by atoms with Crippen molar-refractivity contribution < 1.29 is 0 Å². The standard InChI is InChI=1S/C15H26N2/c1-12(2)17(13(3)4)11-15-7-5-14(6-8-15)9-10-16/h5-8,12-13H,9-11,16H2,1-4H3. The predicted octanol–water partition coefficient (Wildman–Crippen LogP) is 2.81. The van der Waals surface area contributed by atoms with Gasteiger partial charge in [-0.05, 0) is 51.8 Å². The molecule has 0 amide bonds. The van der Waals surface area contributed by atoms with Crippen LogP contribution in [0.15, 0.2) is 24.3 Å². The Morgan fingerprint density at radius 1 is 0.941 bits per heavy atom. The molecule has 0 atom stereocenters. The van der Waals surface area contributed by atoms with Crippen molar-refractivity contribution in [2.24, 2.45) is 5.73 Å². The van der Waals surface area contributed by atoms with Crippen LogP contribution in [0.4, 0.5) is 0 Å². The van der Waals surface area contributed by atoms with E-state index in [0.29, 0.717) is 12.1 Å². The summed E-state index contributed by atoms with van der Waals surface area (Å²) in [6.45, 7) is 10.8. The fourth-order valence-electron chi connectivity index (χ4n) is 2.15. The third-order valence-electron chi connectivity index (χ3n) is 3.15. The first-order chi connectivity index (χ1) is 8.04. The van der Waals surface area contributed by atoms with Gasteiger partial charge in [-0.1, -0.05) is 24.3 Å². The van der Waals surface area contributed by atoms with Crippen LogP contribution < -0.4 is 5.73 Å². The number of nitrogens with two attached hydrogens (primary N) is 1. The maximum Gasteiger partial charge on any atom is 0.0239 e. The average molecular weight is 234 g/mol. The van der Waals surface area contributed by atoms with Crippen molar-refractivity contribution in [3.05, 3.63) is 35.4 Å². The molecule has 1 aromatic carbocycles. The lowest BCUT2D eigenvalue weighted by atomic mass is 10.1. The monoisotopic (exact) mass is 234 g/mol. The summed E-state index contributed by atoms with van der Waals surface area (Å²) in [7, 11) is 0. The molecular weight excluding hydrogens is 208 g/mol. The molecule has 0 aliphatic carbocycles. The molecule has 0 fully saturated rings. The first-order valence-corrected chi connectivity index (χ1v) is 6.58. The second kappa shape index (κ2) is 6.77. The number of hydrogen-bond donors (Lipinski definition) is 1. The van der Waals surface area contributed by atoms with Gasteiger partial charge in [0.1, 0.15) is 0 Å². The average Bonchev–Trinajstić information content (AvgIpc) is 2.27. The van der Waals surface area contributed by atoms with Crippen molar-refractivity contribution >= 4 is 0 Å². The van der Waals surface area contributed by atoms with E-state index in [9.17, 15) is 0 Å². The maximum atomic E-state index is 5.55. The first-order valence-electron chi connectivity index (χ1n) is 6.58. The van der Waals surface area contributed by atoms with E-state index < -0.39 is 0 Å². The Labute approximate surface area is 106 Å². The minimum Gasteiger partial charge on any atom is -0.330 e. The lowest BCUT2D eigenvalue weighted by Gasteiger charge is -2.30. The van der Waals surface area contributed by atoms with E-state index in [-0.39, 0.29) is 0 Å². The Bertz CT molecular complexity index is 306. The van der Waals surface area contributed by atoms with Gasteiger partial charge in [0.2, 0.25) is 0 Å². The van der Waals surface area contributed by atoms with E-state index >= 15 is 0 Å². The third-order valence-corrected chi connectivity index (χ3v) is 3.15. The van der Waals surface area contributed by atoms with Crippen molar-refractivity contribution in [1.82, 2.24) is 4.90 Å². The van der Waals surface area contributed by atoms with Crippen LogP contribution in [0, 0.1) is 0 Å². The van der Waals surface area contributed by atoms with Gasteiger partial charge in [0.15, 0.2) is 0 Å². The Kier molecular flexibility index (Phi) is 5.66. The van der Waals surface area contributed by atoms with Gasteiger partial charge in [-0.15, -0.1) is 0 Å². The van der Waals surface area contributed by atoms with Crippen LogP contribution >= 0.6 is 0 Å². The molecule has 1 aromatic rings. The summed E-state index contributed by atoms with van der Waals surface area (Å²) in [6, 6.07) is 10.0. The molecule has 2 nitrogen and oxygen atoms in total. The summed E-state index contributed by atoms with van der Waals surface area (Å²) in [5, 5.41) is 0. The zero-order valence-corrected chi connectivity index (χ0v) is 11.6. The molecule has 2 N–H and O–H groups in total. The lowest BCUT2D eigenvalue weighted by molar-refractivity contribution is 0.166. The van der Waals surface area contributed by atoms with Gasteiger partial charge >= 0.3 is 0 Å². The molecule has 0 saturated heterocycles. The molecule has 0 spiro atoms. The Morgan fingerprint density at radius 2 is 1.41 bits per heavy atom. The van der Waals surface area contributed by atoms with Gasteiger partial charge in [-0.2, -0.15) is 0 Å². The predicted molar refractivity (Wildman–Crippen MR) is 75.0 cm³/mol. The van der Waals surface area contributed by atoms with Crippen LogP contribution in [0.3, 0.4) is 0 Å². The van der Waals surface area contributed by atoms with Crippen LogP contribution in [0.1, 0.15) is 38.8 Å². The van der Waals surface area contributed by atoms with Crippen molar-refractivity contribution in [2.75, 3.05) is 6.54 Å². The highest BCUT2D eigenvalue weighted by atomic mass is 15.2. The van der Waals surface area contributed by atoms with E-state index in [4.69, 9.17) is 5.73 Å². The maximum absolute atomic E-state index is 5.55. The van der Waals surface area contributed by atoms with Crippen LogP contribution in [-0.4, -0.2) is 23.5 Å². The lowest BCUT2D eigenvalue weighted by Crippen LogP contribution is -2.36. The summed E-state index contributed by atoms with van der Waals surface area (Å²) in [5.41, 5.74) is 8.26. The van der Waals surface area contributed by atoms with Crippen LogP contribution in [-0.2, 0) is 13.0 Å². The summed E-state index contributed by atoms with van der Waals surface area (Å²) in [5.74, 6) is 0. The molecule has 0 aliphatic heterocycles. The largest absolute Gasteiger partial charge is 0.330 e. The van der Waals surface area contributed by atoms with E-state index in [1.807, 2.05) is 0 Å². The third kappa shape index (κ3) is 4.49. The SMILES string of the molecule is CC(C)N(Cc1ccc(CCN)cc1)C(C)C. The van der Waals surface area contributed by atoms with E-state index in [1.165, 1.54) is 11.1 Å². The Hall–Kier alpha value is -0.860. The molecular formula is C15H26N2. The fraction of sp³-hybridized carbons (Fsp3) is 0.600. The molecule has 0 radical (unpaired) electrons. The highest BCUT2D eigenvalue weighted by Crippen LogP contribution is 2.13. The molecule has 17 heavy (non-hydrogen) atoms. The number of hydrogen-bond acceptors (Lipinski definition) is 2. The summed E-state index contributed by atoms with van der Waals surface area (Å²) < 4.78 is 0. The summed E-state index contributed by atoms with van der Waals surface area (Å²) >= 11 is 0. The molecule has 0 aromatic heterocycles. The second-order valence-corrected chi connectivity index (χ2v) is 5.22. The van der Waals surface area contributed by atoms with Crippen LogP contribution in [0.2, 0.25) is 0 Å². The van der Waals surface area contributed by atoms with E-state index in [2.05, 4.69) is 56.9 Å². The quantitative estimate of drug-likeness (QED) is 0.820. The summed E-state index contributed by atoms with van der Waals surface area (Å²) in [4.78, 5) is 2.50. The highest BCUT2D eigenvalue weighted by Gasteiger charge is 2.13. The molecule has 0 unspecified atom stereocenters. The normalized spacial score (nSPS) is 11.8. The second-order valence-electron chi connectivity index (χ2n) is 5.22. The molecule has 0 saturated carbocycles. The summed E-state index contributed by atoms with van der Waals surface area (Å²) in [6.07, 6.45) is 0.971. The minimum atomic E-state index is 0.582. The van der Waals surface area contributed by atoms with Crippen molar-refractivity contribution in [3.8, 4) is 0 Å². The van der Waals surface area contributed by atoms with Gasteiger partial charge in [0.05, 0.1) is 0 Å². The fourth-order valence-corrected chi connectivity index (χ4v) is 2.15. The van der Waals surface area contributed by atoms with Crippen molar-refractivity contribution in [3.63, 3.8) is 0 Å².